The number of thioether (sulfide) groups is 1. The Morgan fingerprint density at radius 2 is 1.55 bits per heavy atom. The molecule has 0 aromatic heterocycles. The van der Waals surface area contributed by atoms with Crippen LogP contribution in [0.1, 0.15) is 41.0 Å². The van der Waals surface area contributed by atoms with Gasteiger partial charge in [0, 0.05) is 45.9 Å². The summed E-state index contributed by atoms with van der Waals surface area (Å²) in [5, 5.41) is 2.63. The Kier molecular flexibility index (Phi) is 12.6. The number of hydrogen-bond donors (Lipinski definition) is 1. The quantitative estimate of drug-likeness (QED) is 0.263. The molecule has 6 atom stereocenters. The maximum Gasteiger partial charge on any atom is 0.349 e. The summed E-state index contributed by atoms with van der Waals surface area (Å²) in [7, 11) is 2.62. The molecule has 0 bridgehead atoms. The van der Waals surface area contributed by atoms with Crippen molar-refractivity contribution in [3.63, 3.8) is 0 Å². The Balaban J connectivity index is 2.77. The molecule has 1 aromatic carbocycles. The largest absolute Gasteiger partial charge is 0.497 e. The predicted octanol–water partition coefficient (Wildman–Crippen LogP) is 1.31. The van der Waals surface area contributed by atoms with Gasteiger partial charge in [0.25, 0.3) is 0 Å². The monoisotopic (exact) mass is 613 g/mol. The molecule has 1 fully saturated rings. The van der Waals surface area contributed by atoms with Crippen molar-refractivity contribution in [2.24, 2.45) is 0 Å². The summed E-state index contributed by atoms with van der Waals surface area (Å²) in [4.78, 5) is 72.5. The Morgan fingerprint density at radius 1 is 0.929 bits per heavy atom. The molecule has 0 unspecified atom stereocenters. The van der Waals surface area contributed by atoms with E-state index in [2.05, 4.69) is 5.32 Å². The molecule has 0 saturated carbocycles. The molecule has 1 saturated heterocycles. The molecule has 1 aromatic rings. The lowest BCUT2D eigenvalue weighted by Gasteiger charge is -2.48. The highest BCUT2D eigenvalue weighted by Crippen LogP contribution is 2.46. The number of hydrogen-bond acceptors (Lipinski definition) is 14. The second kappa shape index (κ2) is 15.4. The maximum atomic E-state index is 13.4. The van der Waals surface area contributed by atoms with Crippen LogP contribution in [-0.4, -0.2) is 92.0 Å². The summed E-state index contributed by atoms with van der Waals surface area (Å²) < 4.78 is 38.2. The molecule has 14 nitrogen and oxygen atoms in total. The number of rotatable bonds is 12. The zero-order chi connectivity index (χ0) is 31.6. The number of nitrogens with one attached hydrogen (secondary N) is 1. The third-order valence-electron chi connectivity index (χ3n) is 5.84. The minimum atomic E-state index is -1.94. The van der Waals surface area contributed by atoms with Gasteiger partial charge in [-0.1, -0.05) is 11.8 Å². The van der Waals surface area contributed by atoms with Crippen molar-refractivity contribution in [1.29, 1.82) is 0 Å². The topological polar surface area (TPSA) is 179 Å². The molecule has 0 aliphatic carbocycles. The number of carbonyl (C=O) groups is 6. The number of methoxy groups -OCH3 is 2. The van der Waals surface area contributed by atoms with E-state index in [0.717, 1.165) is 46.6 Å². The van der Waals surface area contributed by atoms with Crippen molar-refractivity contribution in [2.45, 2.75) is 81.3 Å². The van der Waals surface area contributed by atoms with Crippen molar-refractivity contribution in [3.8, 4) is 5.75 Å². The van der Waals surface area contributed by atoms with Crippen LogP contribution < -0.4 is 10.1 Å². The molecule has 42 heavy (non-hydrogen) atoms. The molecule has 15 heteroatoms. The van der Waals surface area contributed by atoms with Gasteiger partial charge in [-0.05, 0) is 24.3 Å². The van der Waals surface area contributed by atoms with Gasteiger partial charge >= 0.3 is 29.8 Å². The fourth-order valence-electron chi connectivity index (χ4n) is 4.34. The first-order chi connectivity index (χ1) is 19.7. The number of amides is 1. The van der Waals surface area contributed by atoms with Crippen LogP contribution in [0.5, 0.6) is 5.75 Å². The fraction of sp³-hybridized carbons (Fsp3) is 0.556. The van der Waals surface area contributed by atoms with Gasteiger partial charge in [-0.3, -0.25) is 24.0 Å². The standard InChI is InChI=1S/C27H35NO13S/c1-14(29)28-23-21(38-16(3)31)12-27(26(34)36-7,42-20-10-8-19(35-6)9-11-20)41-25(23)24(40-18(5)33)22(39-17(4)32)13-37-15(2)30/h8-11,21-25H,12-13H2,1-7H3,(H,28,29)/t21-,22+,23+,24+,25+,27-/m0/s1. The second-order valence-corrected chi connectivity index (χ2v) is 10.5. The van der Waals surface area contributed by atoms with Gasteiger partial charge in [0.1, 0.15) is 24.6 Å². The highest BCUT2D eigenvalue weighted by molar-refractivity contribution is 8.01. The van der Waals surface area contributed by atoms with Crippen molar-refractivity contribution in [2.75, 3.05) is 20.8 Å². The summed E-state index contributed by atoms with van der Waals surface area (Å²) in [5.74, 6) is -4.08. The third-order valence-corrected chi connectivity index (χ3v) is 7.10. The van der Waals surface area contributed by atoms with Gasteiger partial charge in [0.2, 0.25) is 10.8 Å². The first-order valence-corrected chi connectivity index (χ1v) is 13.5. The first-order valence-electron chi connectivity index (χ1n) is 12.7. The number of esters is 5. The lowest BCUT2D eigenvalue weighted by molar-refractivity contribution is -0.224. The summed E-state index contributed by atoms with van der Waals surface area (Å²) in [6.45, 7) is 5.03. The fourth-order valence-corrected chi connectivity index (χ4v) is 5.56. The summed E-state index contributed by atoms with van der Waals surface area (Å²) >= 11 is 0.910. The van der Waals surface area contributed by atoms with Crippen LogP contribution in [0.25, 0.3) is 0 Å². The molecule has 1 aliphatic heterocycles. The van der Waals surface area contributed by atoms with Gasteiger partial charge in [-0.2, -0.15) is 0 Å². The van der Waals surface area contributed by atoms with Crippen LogP contribution in [0.4, 0.5) is 0 Å². The molecule has 1 N–H and O–H groups in total. The summed E-state index contributed by atoms with van der Waals surface area (Å²) in [6.07, 6.45) is -6.11. The molecule has 1 heterocycles. The molecule has 0 spiro atoms. The Hall–Kier alpha value is -3.85. The van der Waals surface area contributed by atoms with Gasteiger partial charge in [-0.25, -0.2) is 4.79 Å². The van der Waals surface area contributed by atoms with Crippen LogP contribution in [0, 0.1) is 0 Å². The Labute approximate surface area is 247 Å². The smallest absolute Gasteiger partial charge is 0.349 e. The van der Waals surface area contributed by atoms with Crippen molar-refractivity contribution in [1.82, 2.24) is 5.32 Å². The second-order valence-electron chi connectivity index (χ2n) is 9.21. The van der Waals surface area contributed by atoms with E-state index in [-0.39, 0.29) is 6.42 Å². The lowest BCUT2D eigenvalue weighted by Crippen LogP contribution is -2.68. The lowest BCUT2D eigenvalue weighted by atomic mass is 9.89. The first kappa shape index (κ1) is 34.4. The zero-order valence-electron chi connectivity index (χ0n) is 24.3. The minimum absolute atomic E-state index is 0.313. The van der Waals surface area contributed by atoms with Crippen molar-refractivity contribution < 1.29 is 61.9 Å². The summed E-state index contributed by atoms with van der Waals surface area (Å²) in [6, 6.07) is 5.36. The minimum Gasteiger partial charge on any atom is -0.497 e. The van der Waals surface area contributed by atoms with Gasteiger partial charge < -0.3 is 38.5 Å². The van der Waals surface area contributed by atoms with Gasteiger partial charge in [-0.15, -0.1) is 0 Å². The zero-order valence-corrected chi connectivity index (χ0v) is 25.1. The van der Waals surface area contributed by atoms with E-state index in [9.17, 15) is 28.8 Å². The Bertz CT molecular complexity index is 1160. The number of benzene rings is 1. The van der Waals surface area contributed by atoms with E-state index in [1.54, 1.807) is 24.3 Å². The normalized spacial score (nSPS) is 22.9. The van der Waals surface area contributed by atoms with Crippen LogP contribution in [0.15, 0.2) is 29.2 Å². The Morgan fingerprint density at radius 3 is 2.02 bits per heavy atom. The predicted molar refractivity (Wildman–Crippen MR) is 144 cm³/mol. The maximum absolute atomic E-state index is 13.4. The molecule has 1 aliphatic rings. The van der Waals surface area contributed by atoms with E-state index < -0.39 is 77.8 Å². The average Bonchev–Trinajstić information content (AvgIpc) is 2.90. The molecule has 232 valence electrons. The van der Waals surface area contributed by atoms with E-state index in [1.807, 2.05) is 0 Å². The van der Waals surface area contributed by atoms with Crippen molar-refractivity contribution in [3.05, 3.63) is 24.3 Å². The third kappa shape index (κ3) is 9.62. The van der Waals surface area contributed by atoms with E-state index in [1.165, 1.54) is 14.0 Å². The highest BCUT2D eigenvalue weighted by Gasteiger charge is 2.58. The van der Waals surface area contributed by atoms with Crippen molar-refractivity contribution >= 4 is 47.5 Å². The molecular formula is C27H35NO13S. The molecule has 1 amide bonds. The molecular weight excluding hydrogens is 578 g/mol. The SMILES string of the molecule is COC(=O)[C@@]1(Sc2ccc(OC)cc2)C[C@H](OC(C)=O)[C@@H](NC(C)=O)[C@H]([C@H](OC(C)=O)[C@@H](COC(C)=O)OC(C)=O)O1. The van der Waals surface area contributed by atoms with Gasteiger partial charge in [0.15, 0.2) is 12.2 Å². The molecule has 0 radical (unpaired) electrons. The van der Waals surface area contributed by atoms with E-state index in [4.69, 9.17) is 33.2 Å². The van der Waals surface area contributed by atoms with E-state index in [0.29, 0.717) is 10.6 Å². The summed E-state index contributed by atoms with van der Waals surface area (Å²) in [5.41, 5.74) is 0. The number of carbonyl (C=O) groups excluding carboxylic acids is 6. The van der Waals surface area contributed by atoms with Crippen LogP contribution in [-0.2, 0) is 57.2 Å². The van der Waals surface area contributed by atoms with Crippen LogP contribution in [0.2, 0.25) is 0 Å². The highest BCUT2D eigenvalue weighted by atomic mass is 32.2. The average molecular weight is 614 g/mol. The van der Waals surface area contributed by atoms with Crippen LogP contribution in [0.3, 0.4) is 0 Å². The van der Waals surface area contributed by atoms with Gasteiger partial charge in [0.05, 0.1) is 20.3 Å². The van der Waals surface area contributed by atoms with E-state index >= 15 is 0 Å². The van der Waals surface area contributed by atoms with Crippen LogP contribution >= 0.6 is 11.8 Å². The number of ether oxygens (including phenoxy) is 7. The molecule has 2 rings (SSSR count).